The molecule has 0 spiro atoms. The van der Waals surface area contributed by atoms with Crippen LogP contribution in [0.25, 0.3) is 23.3 Å². The Morgan fingerprint density at radius 2 is 1.91 bits per heavy atom. The average Bonchev–Trinajstić information content (AvgIpc) is 2.96. The predicted molar refractivity (Wildman–Crippen MR) is 94.8 cm³/mol. The van der Waals surface area contributed by atoms with Crippen LogP contribution in [0.3, 0.4) is 0 Å². The molecule has 0 aliphatic heterocycles. The minimum absolute atomic E-state index is 0.109. The van der Waals surface area contributed by atoms with Crippen LogP contribution in [0.5, 0.6) is 5.75 Å². The van der Waals surface area contributed by atoms with Gasteiger partial charge >= 0.3 is 0 Å². The first-order chi connectivity index (χ1) is 11.2. The molecule has 0 N–H and O–H groups in total. The number of hydrogen-bond acceptors (Lipinski definition) is 3. The van der Waals surface area contributed by atoms with Crippen molar-refractivity contribution in [3.05, 3.63) is 60.0 Å². The Morgan fingerprint density at radius 3 is 2.74 bits per heavy atom. The molecule has 1 atom stereocenters. The van der Waals surface area contributed by atoms with Crippen LogP contribution >= 0.6 is 11.6 Å². The van der Waals surface area contributed by atoms with Crippen molar-refractivity contribution in [2.45, 2.75) is 18.7 Å². The minimum Gasteiger partial charge on any atom is -0.493 e. The van der Waals surface area contributed by atoms with Gasteiger partial charge in [-0.2, -0.15) is 0 Å². The van der Waals surface area contributed by atoms with Crippen LogP contribution in [-0.4, -0.2) is 17.0 Å². The third kappa shape index (κ3) is 4.14. The summed E-state index contributed by atoms with van der Waals surface area (Å²) < 4.78 is 11.5. The van der Waals surface area contributed by atoms with Crippen LogP contribution in [0.4, 0.5) is 0 Å². The van der Waals surface area contributed by atoms with E-state index in [9.17, 15) is 0 Å². The molecule has 0 saturated heterocycles. The van der Waals surface area contributed by atoms with E-state index in [-0.39, 0.29) is 5.38 Å². The second-order valence-electron chi connectivity index (χ2n) is 5.31. The molecule has 4 heteroatoms. The molecule has 3 nitrogen and oxygen atoms in total. The fourth-order valence-corrected chi connectivity index (χ4v) is 2.29. The SMILES string of the molecule is CC(Cl)CCOc1ccccc1/C=C/c1nc2ccccc2o1. The first-order valence-electron chi connectivity index (χ1n) is 7.62. The van der Waals surface area contributed by atoms with E-state index in [4.69, 9.17) is 20.8 Å². The molecular formula is C19H18ClNO2. The fourth-order valence-electron chi connectivity index (χ4n) is 2.20. The second-order valence-corrected chi connectivity index (χ2v) is 6.05. The van der Waals surface area contributed by atoms with Gasteiger partial charge < -0.3 is 9.15 Å². The second kappa shape index (κ2) is 7.34. The van der Waals surface area contributed by atoms with Gasteiger partial charge in [0.25, 0.3) is 0 Å². The molecule has 2 aromatic carbocycles. The molecule has 0 saturated carbocycles. The number of aromatic nitrogens is 1. The monoisotopic (exact) mass is 327 g/mol. The Bertz CT molecular complexity index is 775. The third-order valence-electron chi connectivity index (χ3n) is 3.41. The standard InChI is InChI=1S/C19H18ClNO2/c1-14(20)12-13-22-17-8-4-2-6-15(17)10-11-19-21-16-7-3-5-9-18(16)23-19/h2-11,14H,12-13H2,1H3/b11-10+. The molecule has 118 valence electrons. The van der Waals surface area contributed by atoms with Crippen molar-refractivity contribution >= 4 is 34.9 Å². The van der Waals surface area contributed by atoms with E-state index in [1.807, 2.05) is 67.6 Å². The van der Waals surface area contributed by atoms with Crippen LogP contribution in [0.1, 0.15) is 24.8 Å². The van der Waals surface area contributed by atoms with E-state index in [1.165, 1.54) is 0 Å². The van der Waals surface area contributed by atoms with Gasteiger partial charge in [-0.05, 0) is 37.6 Å². The summed E-state index contributed by atoms with van der Waals surface area (Å²) >= 11 is 5.95. The summed E-state index contributed by atoms with van der Waals surface area (Å²) in [4.78, 5) is 4.43. The molecule has 3 rings (SSSR count). The zero-order chi connectivity index (χ0) is 16.1. The van der Waals surface area contributed by atoms with Gasteiger partial charge in [-0.15, -0.1) is 11.6 Å². The lowest BCUT2D eigenvalue weighted by Gasteiger charge is -2.09. The van der Waals surface area contributed by atoms with E-state index in [0.29, 0.717) is 12.5 Å². The van der Waals surface area contributed by atoms with E-state index < -0.39 is 0 Å². The van der Waals surface area contributed by atoms with E-state index in [2.05, 4.69) is 4.98 Å². The highest BCUT2D eigenvalue weighted by atomic mass is 35.5. The summed E-state index contributed by atoms with van der Waals surface area (Å²) in [5.74, 6) is 1.41. The Hall–Kier alpha value is -2.26. The smallest absolute Gasteiger partial charge is 0.220 e. The maximum absolute atomic E-state index is 5.95. The third-order valence-corrected chi connectivity index (χ3v) is 3.63. The molecule has 3 aromatic rings. The van der Waals surface area contributed by atoms with Crippen molar-refractivity contribution in [1.82, 2.24) is 4.98 Å². The van der Waals surface area contributed by atoms with Gasteiger partial charge in [0.05, 0.1) is 6.61 Å². The maximum atomic E-state index is 5.95. The molecule has 0 radical (unpaired) electrons. The zero-order valence-electron chi connectivity index (χ0n) is 12.9. The number of ether oxygens (including phenoxy) is 1. The first-order valence-corrected chi connectivity index (χ1v) is 8.05. The highest BCUT2D eigenvalue weighted by molar-refractivity contribution is 6.20. The van der Waals surface area contributed by atoms with Crippen molar-refractivity contribution in [3.8, 4) is 5.75 Å². The minimum atomic E-state index is 0.109. The first kappa shape index (κ1) is 15.6. The average molecular weight is 328 g/mol. The summed E-state index contributed by atoms with van der Waals surface area (Å²) in [6.07, 6.45) is 4.61. The van der Waals surface area contributed by atoms with Crippen molar-refractivity contribution in [2.75, 3.05) is 6.61 Å². The Kier molecular flexibility index (Phi) is 4.99. The maximum Gasteiger partial charge on any atom is 0.220 e. The largest absolute Gasteiger partial charge is 0.493 e. The van der Waals surface area contributed by atoms with Crippen LogP contribution < -0.4 is 4.74 Å². The Morgan fingerprint density at radius 1 is 1.13 bits per heavy atom. The van der Waals surface area contributed by atoms with Crippen molar-refractivity contribution in [3.63, 3.8) is 0 Å². The van der Waals surface area contributed by atoms with E-state index in [1.54, 1.807) is 0 Å². The molecule has 0 bridgehead atoms. The van der Waals surface area contributed by atoms with Gasteiger partial charge in [0.15, 0.2) is 5.58 Å². The Labute approximate surface area is 140 Å². The van der Waals surface area contributed by atoms with Crippen LogP contribution in [0.2, 0.25) is 0 Å². The van der Waals surface area contributed by atoms with Gasteiger partial charge in [0, 0.05) is 17.0 Å². The van der Waals surface area contributed by atoms with Crippen LogP contribution in [0.15, 0.2) is 52.9 Å². The number of benzene rings is 2. The van der Waals surface area contributed by atoms with Gasteiger partial charge in [-0.1, -0.05) is 30.3 Å². The summed E-state index contributed by atoms with van der Waals surface area (Å²) in [7, 11) is 0. The van der Waals surface area contributed by atoms with E-state index in [0.717, 1.165) is 28.8 Å². The summed E-state index contributed by atoms with van der Waals surface area (Å²) in [6.45, 7) is 2.56. The predicted octanol–water partition coefficient (Wildman–Crippen LogP) is 5.39. The van der Waals surface area contributed by atoms with Gasteiger partial charge in [-0.25, -0.2) is 4.98 Å². The number of rotatable bonds is 6. The molecule has 1 aromatic heterocycles. The number of hydrogen-bond donors (Lipinski definition) is 0. The van der Waals surface area contributed by atoms with E-state index >= 15 is 0 Å². The normalized spacial score (nSPS) is 12.8. The highest BCUT2D eigenvalue weighted by Crippen LogP contribution is 2.22. The lowest BCUT2D eigenvalue weighted by molar-refractivity contribution is 0.310. The summed E-state index contributed by atoms with van der Waals surface area (Å²) in [5, 5.41) is 0.109. The molecule has 0 aliphatic carbocycles. The number of halogens is 1. The molecular weight excluding hydrogens is 310 g/mol. The summed E-state index contributed by atoms with van der Waals surface area (Å²) in [5.41, 5.74) is 2.62. The molecule has 0 fully saturated rings. The molecule has 0 aliphatic rings. The molecule has 1 heterocycles. The van der Waals surface area contributed by atoms with Crippen LogP contribution in [0, 0.1) is 0 Å². The lowest BCUT2D eigenvalue weighted by atomic mass is 10.2. The highest BCUT2D eigenvalue weighted by Gasteiger charge is 2.04. The molecule has 0 amide bonds. The Balaban J connectivity index is 1.76. The topological polar surface area (TPSA) is 35.3 Å². The zero-order valence-corrected chi connectivity index (χ0v) is 13.7. The lowest BCUT2D eigenvalue weighted by Crippen LogP contribution is -2.03. The quantitative estimate of drug-likeness (QED) is 0.569. The van der Waals surface area contributed by atoms with Crippen molar-refractivity contribution in [2.24, 2.45) is 0 Å². The number of alkyl halides is 1. The van der Waals surface area contributed by atoms with Gasteiger partial charge in [-0.3, -0.25) is 0 Å². The number of para-hydroxylation sites is 3. The van der Waals surface area contributed by atoms with Crippen LogP contribution in [-0.2, 0) is 0 Å². The summed E-state index contributed by atoms with van der Waals surface area (Å²) in [6, 6.07) is 15.6. The number of oxazole rings is 1. The van der Waals surface area contributed by atoms with Crippen molar-refractivity contribution in [1.29, 1.82) is 0 Å². The molecule has 23 heavy (non-hydrogen) atoms. The molecule has 1 unspecified atom stereocenters. The van der Waals surface area contributed by atoms with Crippen molar-refractivity contribution < 1.29 is 9.15 Å². The fraction of sp³-hybridized carbons (Fsp3) is 0.211. The number of fused-ring (bicyclic) bond motifs is 1. The van der Waals surface area contributed by atoms with Gasteiger partial charge in [0.1, 0.15) is 11.3 Å². The number of nitrogens with zero attached hydrogens (tertiary/aromatic N) is 1. The van der Waals surface area contributed by atoms with Gasteiger partial charge in [0.2, 0.25) is 5.89 Å².